The summed E-state index contributed by atoms with van der Waals surface area (Å²) in [6, 6.07) is 15.1. The van der Waals surface area contributed by atoms with Gasteiger partial charge in [-0.3, -0.25) is 9.59 Å². The van der Waals surface area contributed by atoms with Crippen molar-refractivity contribution in [3.8, 4) is 5.75 Å². The Hall–Kier alpha value is -2.82. The molecule has 0 aliphatic rings. The van der Waals surface area contributed by atoms with Crippen LogP contribution in [0.2, 0.25) is 0 Å². The van der Waals surface area contributed by atoms with Gasteiger partial charge in [0.2, 0.25) is 5.91 Å². The van der Waals surface area contributed by atoms with E-state index in [1.807, 2.05) is 76.2 Å². The minimum atomic E-state index is -0.631. The number of amides is 2. The lowest BCUT2D eigenvalue weighted by Crippen LogP contribution is -2.53. The second kappa shape index (κ2) is 10.2. The van der Waals surface area contributed by atoms with Gasteiger partial charge in [0.05, 0.1) is 0 Å². The summed E-state index contributed by atoms with van der Waals surface area (Å²) >= 11 is 0. The van der Waals surface area contributed by atoms with Gasteiger partial charge in [-0.15, -0.1) is 0 Å². The molecule has 1 N–H and O–H groups in total. The van der Waals surface area contributed by atoms with Crippen molar-refractivity contribution >= 4 is 11.8 Å². The lowest BCUT2D eigenvalue weighted by molar-refractivity contribution is -0.142. The number of nitrogens with zero attached hydrogens (tertiary/aromatic N) is 1. The normalized spacial score (nSPS) is 12.8. The Labute approximate surface area is 193 Å². The van der Waals surface area contributed by atoms with Crippen molar-refractivity contribution in [2.45, 2.75) is 78.9 Å². The molecule has 2 amide bonds. The van der Waals surface area contributed by atoms with Crippen LogP contribution in [0.15, 0.2) is 48.5 Å². The van der Waals surface area contributed by atoms with Gasteiger partial charge in [-0.05, 0) is 68.9 Å². The maximum atomic E-state index is 13.2. The van der Waals surface area contributed by atoms with Crippen molar-refractivity contribution in [3.63, 3.8) is 0 Å². The maximum absolute atomic E-state index is 13.2. The first kappa shape index (κ1) is 25.4. The fourth-order valence-electron chi connectivity index (χ4n) is 3.31. The monoisotopic (exact) mass is 438 g/mol. The van der Waals surface area contributed by atoms with E-state index in [9.17, 15) is 9.59 Å². The Morgan fingerprint density at radius 3 is 2.09 bits per heavy atom. The average molecular weight is 439 g/mol. The third kappa shape index (κ3) is 7.40. The highest BCUT2D eigenvalue weighted by atomic mass is 16.5. The molecule has 0 saturated heterocycles. The van der Waals surface area contributed by atoms with Crippen molar-refractivity contribution in [2.75, 3.05) is 6.61 Å². The van der Waals surface area contributed by atoms with E-state index in [-0.39, 0.29) is 29.4 Å². The van der Waals surface area contributed by atoms with Crippen LogP contribution in [-0.2, 0) is 21.5 Å². The zero-order chi connectivity index (χ0) is 24.1. The lowest BCUT2D eigenvalue weighted by atomic mass is 9.87. The molecule has 0 saturated carbocycles. The molecule has 0 unspecified atom stereocenters. The highest BCUT2D eigenvalue weighted by Gasteiger charge is 2.29. The molecule has 1 atom stereocenters. The summed E-state index contributed by atoms with van der Waals surface area (Å²) in [6.07, 6.45) is 0. The van der Waals surface area contributed by atoms with Gasteiger partial charge >= 0.3 is 0 Å². The smallest absolute Gasteiger partial charge is 0.261 e. The highest BCUT2D eigenvalue weighted by molar-refractivity contribution is 5.88. The third-order valence-corrected chi connectivity index (χ3v) is 5.35. The summed E-state index contributed by atoms with van der Waals surface area (Å²) in [5.41, 5.74) is 2.95. The van der Waals surface area contributed by atoms with Crippen molar-refractivity contribution in [3.05, 3.63) is 65.2 Å². The number of carbonyl (C=O) groups excluding carboxylic acids is 2. The first-order chi connectivity index (χ1) is 14.8. The Balaban J connectivity index is 2.17. The van der Waals surface area contributed by atoms with Crippen LogP contribution in [-0.4, -0.2) is 34.9 Å². The number of carbonyl (C=O) groups is 2. The number of benzene rings is 2. The molecular weight excluding hydrogens is 400 g/mol. The summed E-state index contributed by atoms with van der Waals surface area (Å²) in [6.45, 7) is 16.2. The van der Waals surface area contributed by atoms with Crippen molar-refractivity contribution in [2.24, 2.45) is 0 Å². The van der Waals surface area contributed by atoms with Crippen molar-refractivity contribution in [1.29, 1.82) is 0 Å². The molecule has 0 aliphatic carbocycles. The first-order valence-corrected chi connectivity index (χ1v) is 11.2. The number of aryl methyl sites for hydroxylation is 1. The van der Waals surface area contributed by atoms with Gasteiger partial charge < -0.3 is 15.0 Å². The molecule has 5 nitrogen and oxygen atoms in total. The molecular formula is C27H38N2O3. The molecule has 2 rings (SSSR count). The number of nitrogens with one attached hydrogen (secondary N) is 1. The Morgan fingerprint density at radius 2 is 1.56 bits per heavy atom. The van der Waals surface area contributed by atoms with Gasteiger partial charge in [0.25, 0.3) is 5.91 Å². The zero-order valence-electron chi connectivity index (χ0n) is 20.8. The number of hydrogen-bond acceptors (Lipinski definition) is 3. The molecule has 0 fully saturated rings. The first-order valence-electron chi connectivity index (χ1n) is 11.2. The van der Waals surface area contributed by atoms with E-state index in [0.29, 0.717) is 12.3 Å². The third-order valence-electron chi connectivity index (χ3n) is 5.35. The standard InChI is InChI=1S/C27H38N2O3/c1-19-11-9-10-12-21(19)17-29(20(2)25(31)28-27(6,7)8)24(30)18-32-23-15-13-22(14-16-23)26(3,4)5/h9-16,20H,17-18H2,1-8H3,(H,28,31)/t20-/m0/s1. The molecule has 0 radical (unpaired) electrons. The summed E-state index contributed by atoms with van der Waals surface area (Å²) in [7, 11) is 0. The van der Waals surface area contributed by atoms with Gasteiger partial charge in [0.15, 0.2) is 6.61 Å². The van der Waals surface area contributed by atoms with Crippen LogP contribution < -0.4 is 10.1 Å². The van der Waals surface area contributed by atoms with Gasteiger partial charge in [-0.1, -0.05) is 57.2 Å². The molecule has 0 heterocycles. The highest BCUT2D eigenvalue weighted by Crippen LogP contribution is 2.24. The van der Waals surface area contributed by atoms with E-state index in [2.05, 4.69) is 26.1 Å². The van der Waals surface area contributed by atoms with Gasteiger partial charge in [-0.25, -0.2) is 0 Å². The molecule has 0 bridgehead atoms. The van der Waals surface area contributed by atoms with E-state index >= 15 is 0 Å². The van der Waals surface area contributed by atoms with Gasteiger partial charge in [0.1, 0.15) is 11.8 Å². The van der Waals surface area contributed by atoms with Gasteiger partial charge in [0, 0.05) is 12.1 Å². The molecule has 32 heavy (non-hydrogen) atoms. The van der Waals surface area contributed by atoms with Crippen molar-refractivity contribution in [1.82, 2.24) is 10.2 Å². The fourth-order valence-corrected chi connectivity index (χ4v) is 3.31. The number of ether oxygens (including phenoxy) is 1. The van der Waals surface area contributed by atoms with Crippen LogP contribution in [0.1, 0.15) is 65.2 Å². The van der Waals surface area contributed by atoms with Crippen molar-refractivity contribution < 1.29 is 14.3 Å². The topological polar surface area (TPSA) is 58.6 Å². The largest absolute Gasteiger partial charge is 0.484 e. The molecule has 2 aromatic carbocycles. The van der Waals surface area contributed by atoms with Crippen LogP contribution >= 0.6 is 0 Å². The molecule has 0 aliphatic heterocycles. The van der Waals surface area contributed by atoms with E-state index < -0.39 is 6.04 Å². The predicted octanol–water partition coefficient (Wildman–Crippen LogP) is 5.00. The summed E-state index contributed by atoms with van der Waals surface area (Å²) in [4.78, 5) is 27.6. The summed E-state index contributed by atoms with van der Waals surface area (Å²) in [5.74, 6) is 0.215. The summed E-state index contributed by atoms with van der Waals surface area (Å²) in [5, 5.41) is 2.98. The lowest BCUT2D eigenvalue weighted by Gasteiger charge is -2.31. The quantitative estimate of drug-likeness (QED) is 0.662. The summed E-state index contributed by atoms with van der Waals surface area (Å²) < 4.78 is 5.79. The van der Waals surface area contributed by atoms with Crippen LogP contribution in [0.25, 0.3) is 0 Å². The molecule has 2 aromatic rings. The molecule has 0 aromatic heterocycles. The SMILES string of the molecule is Cc1ccccc1CN(C(=O)COc1ccc(C(C)(C)C)cc1)[C@@H](C)C(=O)NC(C)(C)C. The van der Waals surface area contributed by atoms with Crippen LogP contribution in [0.3, 0.4) is 0 Å². The Bertz CT molecular complexity index is 921. The Kier molecular flexibility index (Phi) is 8.11. The van der Waals surface area contributed by atoms with Crippen LogP contribution in [0.4, 0.5) is 0 Å². The average Bonchev–Trinajstić information content (AvgIpc) is 2.69. The minimum Gasteiger partial charge on any atom is -0.484 e. The fraction of sp³-hybridized carbons (Fsp3) is 0.481. The molecule has 5 heteroatoms. The second-order valence-corrected chi connectivity index (χ2v) is 10.4. The Morgan fingerprint density at radius 1 is 0.969 bits per heavy atom. The van der Waals surface area contributed by atoms with Crippen LogP contribution in [0.5, 0.6) is 5.75 Å². The van der Waals surface area contributed by atoms with Gasteiger partial charge in [-0.2, -0.15) is 0 Å². The molecule has 174 valence electrons. The predicted molar refractivity (Wildman–Crippen MR) is 130 cm³/mol. The maximum Gasteiger partial charge on any atom is 0.261 e. The van der Waals surface area contributed by atoms with E-state index in [1.165, 1.54) is 5.56 Å². The van der Waals surface area contributed by atoms with E-state index in [1.54, 1.807) is 11.8 Å². The minimum absolute atomic E-state index is 0.0501. The van der Waals surface area contributed by atoms with Crippen LogP contribution in [0, 0.1) is 6.92 Å². The van der Waals surface area contributed by atoms with E-state index in [0.717, 1.165) is 11.1 Å². The number of rotatable bonds is 7. The number of hydrogen-bond donors (Lipinski definition) is 1. The van der Waals surface area contributed by atoms with E-state index in [4.69, 9.17) is 4.74 Å². The second-order valence-electron chi connectivity index (χ2n) is 10.4. The zero-order valence-corrected chi connectivity index (χ0v) is 20.8. The molecule has 0 spiro atoms.